The van der Waals surface area contributed by atoms with Crippen molar-refractivity contribution in [2.24, 2.45) is 11.0 Å². The molecule has 1 aromatic carbocycles. The van der Waals surface area contributed by atoms with Gasteiger partial charge in [0.1, 0.15) is 24.1 Å². The lowest BCUT2D eigenvalue weighted by Gasteiger charge is -2.23. The fraction of sp³-hybridized carbons (Fsp3) is 0.577. The highest BCUT2D eigenvalue weighted by Gasteiger charge is 2.43. The summed E-state index contributed by atoms with van der Waals surface area (Å²) in [7, 11) is 0. The topological polar surface area (TPSA) is 123 Å². The number of cyclic esters (lactones) is 1. The summed E-state index contributed by atoms with van der Waals surface area (Å²) in [5.41, 5.74) is 10.3. The van der Waals surface area contributed by atoms with Gasteiger partial charge in [-0.15, -0.1) is 0 Å². The zero-order chi connectivity index (χ0) is 25.6. The summed E-state index contributed by atoms with van der Waals surface area (Å²) in [4.78, 5) is 16.0. The number of aliphatic hydroxyl groups is 1. The number of aliphatic hydroxyl groups excluding tert-OH is 1. The van der Waals surface area contributed by atoms with Crippen molar-refractivity contribution in [3.05, 3.63) is 57.5 Å². The quantitative estimate of drug-likeness (QED) is 0.154. The van der Waals surface area contributed by atoms with E-state index in [0.717, 1.165) is 5.56 Å². The Labute approximate surface area is 206 Å². The third kappa shape index (κ3) is 6.86. The molecule has 1 saturated heterocycles. The summed E-state index contributed by atoms with van der Waals surface area (Å²) in [5, 5.41) is 14.3. The second-order valence-corrected chi connectivity index (χ2v) is 9.45. The molecule has 0 bridgehead atoms. The highest BCUT2D eigenvalue weighted by atomic mass is 16.8. The van der Waals surface area contributed by atoms with Gasteiger partial charge in [0.15, 0.2) is 5.79 Å². The number of ether oxygens (including phenoxy) is 4. The van der Waals surface area contributed by atoms with E-state index in [2.05, 4.69) is 10.0 Å². The zero-order valence-corrected chi connectivity index (χ0v) is 21.0. The molecular formula is C26H35N3O6. The number of hydrogen-bond donors (Lipinski definition) is 1. The molecule has 0 radical (unpaired) electrons. The van der Waals surface area contributed by atoms with E-state index in [-0.39, 0.29) is 12.0 Å². The molecule has 2 aliphatic rings. The lowest BCUT2D eigenvalue weighted by molar-refractivity contribution is -0.152. The van der Waals surface area contributed by atoms with Gasteiger partial charge in [0.05, 0.1) is 18.3 Å². The lowest BCUT2D eigenvalue weighted by Crippen LogP contribution is -2.34. The van der Waals surface area contributed by atoms with Crippen LogP contribution in [0.1, 0.15) is 62.0 Å². The molecule has 0 spiro atoms. The van der Waals surface area contributed by atoms with Crippen LogP contribution in [0.2, 0.25) is 0 Å². The van der Waals surface area contributed by atoms with Gasteiger partial charge in [-0.2, -0.15) is 0 Å². The zero-order valence-electron chi connectivity index (χ0n) is 21.0. The third-order valence-corrected chi connectivity index (χ3v) is 6.20. The minimum atomic E-state index is -0.868. The summed E-state index contributed by atoms with van der Waals surface area (Å²) >= 11 is 0. The van der Waals surface area contributed by atoms with Gasteiger partial charge >= 0.3 is 5.97 Å². The van der Waals surface area contributed by atoms with E-state index in [9.17, 15) is 9.90 Å². The van der Waals surface area contributed by atoms with Crippen LogP contribution in [-0.2, 0) is 14.2 Å². The van der Waals surface area contributed by atoms with Crippen molar-refractivity contribution < 1.29 is 28.8 Å². The number of carbonyl (C=O) groups is 1. The molecule has 1 fully saturated rings. The third-order valence-electron chi connectivity index (χ3n) is 6.20. The smallest absolute Gasteiger partial charge is 0.339 e. The van der Waals surface area contributed by atoms with Crippen molar-refractivity contribution in [1.82, 2.24) is 0 Å². The highest BCUT2D eigenvalue weighted by Crippen LogP contribution is 2.34. The SMILES string of the molecule is Cc1ccc(OCCCN=[N+]=[N-])c2c1C(=O)O[C@@H](C)[C@H](C)/C=C\C(O)[C@H]1OC(C)(C)O[C@H]1C/C=C/2. The Balaban J connectivity index is 1.99. The van der Waals surface area contributed by atoms with Gasteiger partial charge < -0.3 is 24.1 Å². The van der Waals surface area contributed by atoms with Gasteiger partial charge in [0.2, 0.25) is 0 Å². The maximum Gasteiger partial charge on any atom is 0.339 e. The normalized spacial score (nSPS) is 30.1. The van der Waals surface area contributed by atoms with Crippen LogP contribution in [0.15, 0.2) is 35.5 Å². The average Bonchev–Trinajstić information content (AvgIpc) is 3.11. The Hall–Kier alpha value is -2.84. The number of hydrogen-bond acceptors (Lipinski definition) is 7. The minimum absolute atomic E-state index is 0.134. The number of rotatable bonds is 5. The molecule has 0 saturated carbocycles. The highest BCUT2D eigenvalue weighted by molar-refractivity contribution is 5.96. The molecule has 1 unspecified atom stereocenters. The van der Waals surface area contributed by atoms with Crippen LogP contribution in [0, 0.1) is 12.8 Å². The number of nitrogens with zero attached hydrogens (tertiary/aromatic N) is 3. The van der Waals surface area contributed by atoms with E-state index in [1.165, 1.54) is 0 Å². The summed E-state index contributed by atoms with van der Waals surface area (Å²) in [6, 6.07) is 3.65. The van der Waals surface area contributed by atoms with Crippen LogP contribution in [0.3, 0.4) is 0 Å². The Morgan fingerprint density at radius 2 is 2.03 bits per heavy atom. The predicted molar refractivity (Wildman–Crippen MR) is 132 cm³/mol. The van der Waals surface area contributed by atoms with Gasteiger partial charge in [0.25, 0.3) is 0 Å². The molecule has 0 aliphatic carbocycles. The molecule has 5 atom stereocenters. The van der Waals surface area contributed by atoms with Gasteiger partial charge in [-0.05, 0) is 57.7 Å². The summed E-state index contributed by atoms with van der Waals surface area (Å²) in [6.45, 7) is 9.92. The van der Waals surface area contributed by atoms with Crippen molar-refractivity contribution in [1.29, 1.82) is 0 Å². The van der Waals surface area contributed by atoms with Crippen LogP contribution in [-0.4, -0.2) is 54.4 Å². The molecular weight excluding hydrogens is 450 g/mol. The number of esters is 1. The first-order valence-corrected chi connectivity index (χ1v) is 12.0. The first-order chi connectivity index (χ1) is 16.6. The lowest BCUT2D eigenvalue weighted by atomic mass is 9.97. The Kier molecular flexibility index (Phi) is 8.97. The van der Waals surface area contributed by atoms with E-state index < -0.39 is 30.1 Å². The van der Waals surface area contributed by atoms with Gasteiger partial charge in [-0.3, -0.25) is 0 Å². The van der Waals surface area contributed by atoms with Crippen molar-refractivity contribution in [2.45, 2.75) is 77.7 Å². The van der Waals surface area contributed by atoms with E-state index >= 15 is 0 Å². The monoisotopic (exact) mass is 485 g/mol. The van der Waals surface area contributed by atoms with Crippen LogP contribution in [0.4, 0.5) is 0 Å². The standard InChI is InChI=1S/C26H35N3O6/c1-16-10-12-20(30)24-22(34-26(4,5)35-24)9-6-8-19-21(32-15-7-14-28-29-27)13-11-17(2)23(19)25(31)33-18(16)3/h6,8,10-13,16,18,20,22,24,30H,7,9,14-15H2,1-5H3/b8-6+,12-10-/t16-,18+,20?,22+,24-/m1/s1. The number of fused-ring (bicyclic) bond motifs is 2. The van der Waals surface area contributed by atoms with Crippen LogP contribution in [0.5, 0.6) is 5.75 Å². The number of benzene rings is 1. The summed E-state index contributed by atoms with van der Waals surface area (Å²) in [6.07, 6.45) is 6.07. The molecule has 2 heterocycles. The fourth-order valence-electron chi connectivity index (χ4n) is 4.18. The van der Waals surface area contributed by atoms with Crippen LogP contribution in [0.25, 0.3) is 16.5 Å². The van der Waals surface area contributed by atoms with Crippen LogP contribution >= 0.6 is 0 Å². The molecule has 3 rings (SSSR count). The number of aryl methyl sites for hydroxylation is 1. The molecule has 9 nitrogen and oxygen atoms in total. The minimum Gasteiger partial charge on any atom is -0.493 e. The van der Waals surface area contributed by atoms with E-state index in [1.54, 1.807) is 6.08 Å². The molecule has 9 heteroatoms. The largest absolute Gasteiger partial charge is 0.493 e. The van der Waals surface area contributed by atoms with E-state index in [0.29, 0.717) is 42.9 Å². The second kappa shape index (κ2) is 11.7. The maximum atomic E-state index is 13.3. The van der Waals surface area contributed by atoms with Crippen molar-refractivity contribution >= 4 is 12.0 Å². The van der Waals surface area contributed by atoms with Crippen molar-refractivity contribution in [3.63, 3.8) is 0 Å². The van der Waals surface area contributed by atoms with Gasteiger partial charge in [-0.25, -0.2) is 4.79 Å². The molecule has 35 heavy (non-hydrogen) atoms. The van der Waals surface area contributed by atoms with Crippen molar-refractivity contribution in [3.8, 4) is 5.75 Å². The number of azide groups is 1. The summed E-state index contributed by atoms with van der Waals surface area (Å²) in [5.74, 6) is -0.859. The van der Waals surface area contributed by atoms with Crippen molar-refractivity contribution in [2.75, 3.05) is 13.2 Å². The first kappa shape index (κ1) is 26.8. The first-order valence-electron chi connectivity index (χ1n) is 12.0. The van der Waals surface area contributed by atoms with Crippen LogP contribution < -0.4 is 4.74 Å². The fourth-order valence-corrected chi connectivity index (χ4v) is 4.18. The number of carbonyl (C=O) groups excluding carboxylic acids is 1. The molecule has 0 aromatic heterocycles. The average molecular weight is 486 g/mol. The Morgan fingerprint density at radius 1 is 1.26 bits per heavy atom. The summed E-state index contributed by atoms with van der Waals surface area (Å²) < 4.78 is 23.8. The van der Waals surface area contributed by atoms with Gasteiger partial charge in [0, 0.05) is 22.9 Å². The second-order valence-electron chi connectivity index (χ2n) is 9.45. The van der Waals surface area contributed by atoms with Gasteiger partial charge in [-0.1, -0.05) is 42.4 Å². The molecule has 190 valence electrons. The Bertz CT molecular complexity index is 1010. The van der Waals surface area contributed by atoms with E-state index in [1.807, 2.05) is 65.0 Å². The Morgan fingerprint density at radius 3 is 2.77 bits per heavy atom. The molecule has 0 amide bonds. The maximum absolute atomic E-state index is 13.3. The molecule has 2 aliphatic heterocycles. The molecule has 1 N–H and O–H groups in total. The van der Waals surface area contributed by atoms with E-state index in [4.69, 9.17) is 24.5 Å². The predicted octanol–water partition coefficient (Wildman–Crippen LogP) is 5.11. The molecule has 1 aromatic rings.